The highest BCUT2D eigenvalue weighted by molar-refractivity contribution is 9.10. The Morgan fingerprint density at radius 2 is 1.84 bits per heavy atom. The molecule has 1 amide bonds. The van der Waals surface area contributed by atoms with Crippen LogP contribution < -0.4 is 14.8 Å². The lowest BCUT2D eigenvalue weighted by atomic mass is 10.2. The maximum atomic E-state index is 12.3. The molecule has 8 heteroatoms. The number of rotatable bonds is 3. The van der Waals surface area contributed by atoms with Gasteiger partial charge in [-0.1, -0.05) is 33.2 Å². The van der Waals surface area contributed by atoms with Gasteiger partial charge in [0.2, 0.25) is 12.0 Å². The van der Waals surface area contributed by atoms with Gasteiger partial charge in [0.15, 0.2) is 11.5 Å². The summed E-state index contributed by atoms with van der Waals surface area (Å²) in [5.74, 6) is 1.03. The summed E-state index contributed by atoms with van der Waals surface area (Å²) in [6, 6.07) is 14.6. The minimum absolute atomic E-state index is 0.00498. The number of carbonyl (C=O) groups is 1. The van der Waals surface area contributed by atoms with E-state index in [9.17, 15) is 4.79 Å². The van der Waals surface area contributed by atoms with Crippen molar-refractivity contribution in [1.29, 1.82) is 0 Å². The van der Waals surface area contributed by atoms with Crippen LogP contribution in [-0.2, 0) is 4.79 Å². The number of nitrogens with one attached hydrogen (secondary N) is 1. The van der Waals surface area contributed by atoms with Crippen molar-refractivity contribution in [1.82, 2.24) is 10.2 Å². The molecule has 4 rings (SSSR count). The second kappa shape index (κ2) is 6.56. The van der Waals surface area contributed by atoms with Gasteiger partial charge in [-0.2, -0.15) is 0 Å². The molecule has 25 heavy (non-hydrogen) atoms. The third-order valence-electron chi connectivity index (χ3n) is 3.55. The molecule has 2 aromatic carbocycles. The molecule has 0 bridgehead atoms. The number of halogens is 1. The summed E-state index contributed by atoms with van der Waals surface area (Å²) in [5, 5.41) is 10.3. The Morgan fingerprint density at radius 3 is 2.64 bits per heavy atom. The molecule has 0 radical (unpaired) electrons. The van der Waals surface area contributed by atoms with Gasteiger partial charge in [-0.25, -0.2) is 0 Å². The third-order valence-corrected chi connectivity index (χ3v) is 4.08. The van der Waals surface area contributed by atoms with E-state index in [4.69, 9.17) is 13.9 Å². The summed E-state index contributed by atoms with van der Waals surface area (Å²) in [7, 11) is 0. The summed E-state index contributed by atoms with van der Waals surface area (Å²) in [6.07, 6.45) is -0.794. The van der Waals surface area contributed by atoms with Crippen molar-refractivity contribution >= 4 is 27.9 Å². The third kappa shape index (κ3) is 3.34. The molecule has 0 fully saturated rings. The Bertz CT molecular complexity index is 910. The van der Waals surface area contributed by atoms with Crippen LogP contribution in [-0.4, -0.2) is 28.8 Å². The Balaban J connectivity index is 1.44. The van der Waals surface area contributed by atoms with Crippen LogP contribution in [0.2, 0.25) is 0 Å². The highest BCUT2D eigenvalue weighted by atomic mass is 79.9. The predicted octanol–water partition coefficient (Wildman–Crippen LogP) is 3.28. The molecule has 0 saturated carbocycles. The molecule has 0 aliphatic carbocycles. The highest BCUT2D eigenvalue weighted by Gasteiger charge is 2.28. The summed E-state index contributed by atoms with van der Waals surface area (Å²) in [4.78, 5) is 12.3. The second-order valence-electron chi connectivity index (χ2n) is 5.27. The number of aromatic nitrogens is 2. The van der Waals surface area contributed by atoms with Crippen molar-refractivity contribution in [3.05, 3.63) is 53.0 Å². The normalized spacial score (nSPS) is 15.6. The van der Waals surface area contributed by atoms with Crippen molar-refractivity contribution in [3.63, 3.8) is 0 Å². The highest BCUT2D eigenvalue weighted by Crippen LogP contribution is 2.31. The van der Waals surface area contributed by atoms with E-state index < -0.39 is 12.0 Å². The lowest BCUT2D eigenvalue weighted by Gasteiger charge is -2.24. The lowest BCUT2D eigenvalue weighted by molar-refractivity contribution is -0.125. The van der Waals surface area contributed by atoms with Crippen LogP contribution in [0.3, 0.4) is 0 Å². The zero-order valence-electron chi connectivity index (χ0n) is 12.8. The lowest BCUT2D eigenvalue weighted by Crippen LogP contribution is -2.40. The number of nitrogens with zero attached hydrogens (tertiary/aromatic N) is 2. The van der Waals surface area contributed by atoms with Crippen LogP contribution >= 0.6 is 15.9 Å². The van der Waals surface area contributed by atoms with Crippen molar-refractivity contribution < 1.29 is 18.7 Å². The quantitative estimate of drug-likeness (QED) is 0.724. The number of anilines is 1. The van der Waals surface area contributed by atoms with E-state index in [1.54, 1.807) is 12.1 Å². The SMILES string of the molecule is O=C(Nc1nnc(-c2ccc(Br)cc2)o1)[C@H]1COc2ccccc2O1. The van der Waals surface area contributed by atoms with E-state index in [0.717, 1.165) is 10.0 Å². The maximum Gasteiger partial charge on any atom is 0.322 e. The molecule has 0 saturated heterocycles. The first-order valence-corrected chi connectivity index (χ1v) is 8.27. The van der Waals surface area contributed by atoms with E-state index in [1.165, 1.54) is 0 Å². The van der Waals surface area contributed by atoms with E-state index in [0.29, 0.717) is 17.4 Å². The fourth-order valence-electron chi connectivity index (χ4n) is 2.32. The van der Waals surface area contributed by atoms with E-state index in [2.05, 4.69) is 31.4 Å². The van der Waals surface area contributed by atoms with Crippen LogP contribution in [0.1, 0.15) is 0 Å². The smallest absolute Gasteiger partial charge is 0.322 e. The van der Waals surface area contributed by atoms with Gasteiger partial charge in [0, 0.05) is 10.0 Å². The topological polar surface area (TPSA) is 86.5 Å². The molecule has 0 spiro atoms. The fourth-order valence-corrected chi connectivity index (χ4v) is 2.58. The summed E-state index contributed by atoms with van der Waals surface area (Å²) in [5.41, 5.74) is 0.752. The van der Waals surface area contributed by atoms with E-state index in [-0.39, 0.29) is 12.6 Å². The van der Waals surface area contributed by atoms with E-state index in [1.807, 2.05) is 36.4 Å². The van der Waals surface area contributed by atoms with Crippen LogP contribution in [0.5, 0.6) is 11.5 Å². The molecule has 126 valence electrons. The molecule has 0 unspecified atom stereocenters. The largest absolute Gasteiger partial charge is 0.485 e. The monoisotopic (exact) mass is 401 g/mol. The number of benzene rings is 2. The number of ether oxygens (including phenoxy) is 2. The van der Waals surface area contributed by atoms with Gasteiger partial charge >= 0.3 is 6.01 Å². The fraction of sp³-hybridized carbons (Fsp3) is 0.118. The molecule has 1 aliphatic heterocycles. The Labute approximate surface area is 151 Å². The average molecular weight is 402 g/mol. The van der Waals surface area contributed by atoms with Crippen LogP contribution in [0.15, 0.2) is 57.4 Å². The number of fused-ring (bicyclic) bond motifs is 1. The number of carbonyl (C=O) groups excluding carboxylic acids is 1. The Kier molecular flexibility index (Phi) is 4.10. The number of para-hydroxylation sites is 2. The van der Waals surface area contributed by atoms with Gasteiger partial charge in [0.1, 0.15) is 6.61 Å². The van der Waals surface area contributed by atoms with Crippen LogP contribution in [0.4, 0.5) is 6.01 Å². The van der Waals surface area contributed by atoms with Crippen molar-refractivity contribution in [2.75, 3.05) is 11.9 Å². The van der Waals surface area contributed by atoms with Crippen molar-refractivity contribution in [2.24, 2.45) is 0 Å². The Morgan fingerprint density at radius 1 is 1.08 bits per heavy atom. The van der Waals surface area contributed by atoms with Gasteiger partial charge in [-0.3, -0.25) is 10.1 Å². The predicted molar refractivity (Wildman–Crippen MR) is 92.4 cm³/mol. The molecule has 7 nitrogen and oxygen atoms in total. The minimum Gasteiger partial charge on any atom is -0.485 e. The molecular weight excluding hydrogens is 390 g/mol. The van der Waals surface area contributed by atoms with Gasteiger partial charge in [-0.15, -0.1) is 5.10 Å². The average Bonchev–Trinajstić information content (AvgIpc) is 3.10. The summed E-state index contributed by atoms with van der Waals surface area (Å²) in [6.45, 7) is 0.108. The number of hydrogen-bond donors (Lipinski definition) is 1. The minimum atomic E-state index is -0.794. The molecule has 1 aliphatic rings. The Hall–Kier alpha value is -2.87. The number of hydrogen-bond acceptors (Lipinski definition) is 6. The molecule has 2 heterocycles. The number of amides is 1. The first-order chi connectivity index (χ1) is 12.2. The zero-order valence-corrected chi connectivity index (χ0v) is 14.4. The van der Waals surface area contributed by atoms with Crippen LogP contribution in [0, 0.1) is 0 Å². The van der Waals surface area contributed by atoms with Crippen LogP contribution in [0.25, 0.3) is 11.5 Å². The second-order valence-corrected chi connectivity index (χ2v) is 6.19. The van der Waals surface area contributed by atoms with E-state index >= 15 is 0 Å². The summed E-state index contributed by atoms with van der Waals surface area (Å²) < 4.78 is 17.6. The maximum absolute atomic E-state index is 12.3. The molecular formula is C17H12BrN3O4. The molecule has 1 N–H and O–H groups in total. The molecule has 1 atom stereocenters. The molecule has 3 aromatic rings. The van der Waals surface area contributed by atoms with Gasteiger partial charge < -0.3 is 13.9 Å². The summed E-state index contributed by atoms with van der Waals surface area (Å²) >= 11 is 3.36. The van der Waals surface area contributed by atoms with Gasteiger partial charge in [0.25, 0.3) is 5.91 Å². The standard InChI is InChI=1S/C17H12BrN3O4/c18-11-7-5-10(6-8-11)16-20-21-17(25-16)19-15(22)14-9-23-12-3-1-2-4-13(12)24-14/h1-8,14H,9H2,(H,19,21,22)/t14-/m1/s1. The van der Waals surface area contributed by atoms with Gasteiger partial charge in [0.05, 0.1) is 0 Å². The first-order valence-electron chi connectivity index (χ1n) is 7.48. The van der Waals surface area contributed by atoms with Gasteiger partial charge in [-0.05, 0) is 36.4 Å². The zero-order chi connectivity index (χ0) is 17.2. The van der Waals surface area contributed by atoms with Crippen molar-refractivity contribution in [3.8, 4) is 23.0 Å². The first kappa shape index (κ1) is 15.6. The molecule has 1 aromatic heterocycles. The van der Waals surface area contributed by atoms with Crippen molar-refractivity contribution in [2.45, 2.75) is 6.10 Å².